The molecule has 0 aliphatic rings. The molecule has 20 heavy (non-hydrogen) atoms. The number of hydrogen-bond acceptors (Lipinski definition) is 3. The number of rotatable bonds is 5. The summed E-state index contributed by atoms with van der Waals surface area (Å²) in [5, 5.41) is 9.20. The van der Waals surface area contributed by atoms with Crippen LogP contribution in [0.4, 0.5) is 0 Å². The van der Waals surface area contributed by atoms with Gasteiger partial charge in [-0.05, 0) is 37.1 Å². The van der Waals surface area contributed by atoms with Crippen molar-refractivity contribution in [3.8, 4) is 5.75 Å². The summed E-state index contributed by atoms with van der Waals surface area (Å²) in [7, 11) is 3.54. The molecule has 0 radical (unpaired) electrons. The van der Waals surface area contributed by atoms with Crippen molar-refractivity contribution < 1.29 is 14.6 Å². The molecule has 1 rings (SSSR count). The predicted octanol–water partition coefficient (Wildman–Crippen LogP) is 3.26. The van der Waals surface area contributed by atoms with Gasteiger partial charge in [-0.25, -0.2) is 4.79 Å². The molecule has 0 amide bonds. The highest BCUT2D eigenvalue weighted by Crippen LogP contribution is 2.25. The Labute approximate surface area is 121 Å². The van der Waals surface area contributed by atoms with Gasteiger partial charge >= 0.3 is 5.97 Å². The van der Waals surface area contributed by atoms with Crippen molar-refractivity contribution >= 4 is 5.97 Å². The van der Waals surface area contributed by atoms with Gasteiger partial charge in [0.15, 0.2) is 0 Å². The first-order chi connectivity index (χ1) is 9.16. The zero-order valence-corrected chi connectivity index (χ0v) is 13.2. The molecule has 0 bridgehead atoms. The summed E-state index contributed by atoms with van der Waals surface area (Å²) in [6.45, 7) is 9.49. The largest absolute Gasteiger partial charge is 0.496 e. The topological polar surface area (TPSA) is 49.8 Å². The van der Waals surface area contributed by atoms with E-state index in [-0.39, 0.29) is 11.0 Å². The number of nitrogens with zero attached hydrogens (tertiary/aromatic N) is 1. The van der Waals surface area contributed by atoms with E-state index < -0.39 is 5.97 Å². The maximum absolute atomic E-state index is 11.2. The number of ether oxygens (including phenoxy) is 1. The minimum Gasteiger partial charge on any atom is -0.496 e. The van der Waals surface area contributed by atoms with Crippen LogP contribution in [0.2, 0.25) is 0 Å². The van der Waals surface area contributed by atoms with Gasteiger partial charge in [-0.2, -0.15) is 0 Å². The lowest BCUT2D eigenvalue weighted by Gasteiger charge is -2.35. The SMILES string of the molecule is COc1ccc(CN(C)C(C)C(C)(C)C)cc1C(=O)O. The molecule has 0 aliphatic heterocycles. The highest BCUT2D eigenvalue weighted by Gasteiger charge is 2.24. The maximum atomic E-state index is 11.2. The van der Waals surface area contributed by atoms with Crippen LogP contribution < -0.4 is 4.74 Å². The lowest BCUT2D eigenvalue weighted by Crippen LogP contribution is -2.38. The summed E-state index contributed by atoms with van der Waals surface area (Å²) >= 11 is 0. The summed E-state index contributed by atoms with van der Waals surface area (Å²) in [6.07, 6.45) is 0. The molecule has 0 aromatic heterocycles. The second kappa shape index (κ2) is 6.27. The molecule has 0 fully saturated rings. The Morgan fingerprint density at radius 3 is 2.45 bits per heavy atom. The third-order valence-corrected chi connectivity index (χ3v) is 3.84. The van der Waals surface area contributed by atoms with Gasteiger partial charge in [0, 0.05) is 12.6 Å². The molecule has 1 aromatic carbocycles. The second-order valence-corrected chi connectivity index (χ2v) is 6.30. The van der Waals surface area contributed by atoms with E-state index in [1.54, 1.807) is 12.1 Å². The summed E-state index contributed by atoms with van der Waals surface area (Å²) < 4.78 is 5.07. The van der Waals surface area contributed by atoms with E-state index in [0.717, 1.165) is 5.56 Å². The fraction of sp³-hybridized carbons (Fsp3) is 0.562. The first-order valence-electron chi connectivity index (χ1n) is 6.77. The van der Waals surface area contributed by atoms with Crippen molar-refractivity contribution in [1.29, 1.82) is 0 Å². The predicted molar refractivity (Wildman–Crippen MR) is 80.3 cm³/mol. The van der Waals surface area contributed by atoms with Crippen LogP contribution in [0.3, 0.4) is 0 Å². The third-order valence-electron chi connectivity index (χ3n) is 3.84. The normalized spacial score (nSPS) is 13.3. The first kappa shape index (κ1) is 16.5. The van der Waals surface area contributed by atoms with Crippen LogP contribution in [0.5, 0.6) is 5.75 Å². The smallest absolute Gasteiger partial charge is 0.339 e. The monoisotopic (exact) mass is 279 g/mol. The molecule has 1 unspecified atom stereocenters. The Balaban J connectivity index is 2.94. The van der Waals surface area contributed by atoms with Crippen LogP contribution in [-0.2, 0) is 6.54 Å². The Kier molecular flexibility index (Phi) is 5.17. The fourth-order valence-electron chi connectivity index (χ4n) is 2.11. The van der Waals surface area contributed by atoms with Crippen molar-refractivity contribution in [2.24, 2.45) is 5.41 Å². The number of carboxylic acid groups (broad SMARTS) is 1. The van der Waals surface area contributed by atoms with Crippen molar-refractivity contribution in [2.75, 3.05) is 14.2 Å². The molecular weight excluding hydrogens is 254 g/mol. The number of aromatic carboxylic acids is 1. The van der Waals surface area contributed by atoms with Gasteiger partial charge in [-0.3, -0.25) is 4.90 Å². The zero-order valence-electron chi connectivity index (χ0n) is 13.2. The zero-order chi connectivity index (χ0) is 15.5. The molecule has 1 N–H and O–H groups in total. The molecule has 0 saturated heterocycles. The van der Waals surface area contributed by atoms with E-state index in [4.69, 9.17) is 4.74 Å². The Bertz CT molecular complexity index is 477. The number of carboxylic acids is 1. The molecule has 0 aliphatic carbocycles. The van der Waals surface area contributed by atoms with Crippen LogP contribution in [0.1, 0.15) is 43.6 Å². The van der Waals surface area contributed by atoms with Gasteiger partial charge in [0.05, 0.1) is 7.11 Å². The van der Waals surface area contributed by atoms with E-state index >= 15 is 0 Å². The highest BCUT2D eigenvalue weighted by atomic mass is 16.5. The molecular formula is C16H25NO3. The summed E-state index contributed by atoms with van der Waals surface area (Å²) in [5.74, 6) is -0.567. The fourth-order valence-corrected chi connectivity index (χ4v) is 2.11. The standard InChI is InChI=1S/C16H25NO3/c1-11(16(2,3)4)17(5)10-12-7-8-14(20-6)13(9-12)15(18)19/h7-9,11H,10H2,1-6H3,(H,18,19). The number of hydrogen-bond donors (Lipinski definition) is 1. The maximum Gasteiger partial charge on any atom is 0.339 e. The minimum atomic E-state index is -0.963. The van der Waals surface area contributed by atoms with Gasteiger partial charge < -0.3 is 9.84 Å². The Morgan fingerprint density at radius 1 is 1.40 bits per heavy atom. The molecule has 4 nitrogen and oxygen atoms in total. The van der Waals surface area contributed by atoms with E-state index in [0.29, 0.717) is 18.3 Å². The van der Waals surface area contributed by atoms with Crippen LogP contribution in [-0.4, -0.2) is 36.2 Å². The van der Waals surface area contributed by atoms with Crippen LogP contribution >= 0.6 is 0 Å². The molecule has 4 heteroatoms. The van der Waals surface area contributed by atoms with Crippen molar-refractivity contribution in [3.63, 3.8) is 0 Å². The van der Waals surface area contributed by atoms with E-state index in [9.17, 15) is 9.90 Å². The lowest BCUT2D eigenvalue weighted by atomic mass is 9.87. The quantitative estimate of drug-likeness (QED) is 0.898. The van der Waals surface area contributed by atoms with Crippen LogP contribution in [0, 0.1) is 5.41 Å². The van der Waals surface area contributed by atoms with E-state index in [1.807, 2.05) is 6.07 Å². The molecule has 0 saturated carbocycles. The Hall–Kier alpha value is -1.55. The lowest BCUT2D eigenvalue weighted by molar-refractivity contribution is 0.0693. The molecule has 0 spiro atoms. The van der Waals surface area contributed by atoms with Gasteiger partial charge in [0.25, 0.3) is 0 Å². The summed E-state index contributed by atoms with van der Waals surface area (Å²) in [4.78, 5) is 13.4. The van der Waals surface area contributed by atoms with Gasteiger partial charge in [-0.1, -0.05) is 26.8 Å². The highest BCUT2D eigenvalue weighted by molar-refractivity contribution is 5.91. The average molecular weight is 279 g/mol. The molecule has 112 valence electrons. The number of methoxy groups -OCH3 is 1. The second-order valence-electron chi connectivity index (χ2n) is 6.30. The summed E-state index contributed by atoms with van der Waals surface area (Å²) in [5.41, 5.74) is 1.36. The van der Waals surface area contributed by atoms with Crippen molar-refractivity contribution in [1.82, 2.24) is 4.90 Å². The third kappa shape index (κ3) is 3.97. The first-order valence-corrected chi connectivity index (χ1v) is 6.77. The number of carbonyl (C=O) groups is 1. The molecule has 1 aromatic rings. The van der Waals surface area contributed by atoms with Crippen molar-refractivity contribution in [3.05, 3.63) is 29.3 Å². The van der Waals surface area contributed by atoms with Crippen LogP contribution in [0.15, 0.2) is 18.2 Å². The number of benzene rings is 1. The van der Waals surface area contributed by atoms with Gasteiger partial charge in [0.2, 0.25) is 0 Å². The van der Waals surface area contributed by atoms with Gasteiger partial charge in [0.1, 0.15) is 11.3 Å². The van der Waals surface area contributed by atoms with Crippen LogP contribution in [0.25, 0.3) is 0 Å². The minimum absolute atomic E-state index is 0.177. The summed E-state index contributed by atoms with van der Waals surface area (Å²) in [6, 6.07) is 5.70. The van der Waals surface area contributed by atoms with Gasteiger partial charge in [-0.15, -0.1) is 0 Å². The Morgan fingerprint density at radius 2 is 2.00 bits per heavy atom. The molecule has 1 atom stereocenters. The molecule has 0 heterocycles. The van der Waals surface area contributed by atoms with Crippen molar-refractivity contribution in [2.45, 2.75) is 40.3 Å². The average Bonchev–Trinajstić information content (AvgIpc) is 2.36. The van der Waals surface area contributed by atoms with E-state index in [1.165, 1.54) is 7.11 Å². The van der Waals surface area contributed by atoms with E-state index in [2.05, 4.69) is 39.6 Å².